The van der Waals surface area contributed by atoms with E-state index in [1.54, 1.807) is 0 Å². The summed E-state index contributed by atoms with van der Waals surface area (Å²) in [5, 5.41) is 11.7. The highest BCUT2D eigenvalue weighted by atomic mass is 16.4. The number of nitrogens with one attached hydrogen (secondary N) is 1. The highest BCUT2D eigenvalue weighted by molar-refractivity contribution is 5.85. The molecule has 0 saturated carbocycles. The number of anilines is 1. The lowest BCUT2D eigenvalue weighted by molar-refractivity contribution is -0.141. The van der Waals surface area contributed by atoms with Gasteiger partial charge in [0.1, 0.15) is 6.04 Å². The fraction of sp³-hybridized carbons (Fsp3) is 0.429. The van der Waals surface area contributed by atoms with Gasteiger partial charge in [0.2, 0.25) is 5.91 Å². The summed E-state index contributed by atoms with van der Waals surface area (Å²) in [5.74, 6) is -1.20. The number of nitrogens with zero attached hydrogens (tertiary/aromatic N) is 1. The third-order valence-corrected chi connectivity index (χ3v) is 3.35. The predicted octanol–water partition coefficient (Wildman–Crippen LogP) is 1.08. The van der Waals surface area contributed by atoms with Crippen molar-refractivity contribution in [3.8, 4) is 0 Å². The highest BCUT2D eigenvalue weighted by Crippen LogP contribution is 2.23. The van der Waals surface area contributed by atoms with Crippen LogP contribution in [-0.4, -0.2) is 36.1 Å². The Hall–Kier alpha value is -2.04. The second kappa shape index (κ2) is 5.30. The molecule has 1 heterocycles. The molecule has 1 unspecified atom stereocenters. The number of benzene rings is 1. The first kappa shape index (κ1) is 13.4. The lowest BCUT2D eigenvalue weighted by atomic mass is 10.1. The number of aliphatic carboxylic acids is 1. The van der Waals surface area contributed by atoms with Gasteiger partial charge in [-0.1, -0.05) is 12.1 Å². The van der Waals surface area contributed by atoms with E-state index in [0.717, 1.165) is 16.8 Å². The Morgan fingerprint density at radius 2 is 2.16 bits per heavy atom. The molecule has 102 valence electrons. The van der Waals surface area contributed by atoms with Crippen molar-refractivity contribution in [2.75, 3.05) is 18.0 Å². The normalized spacial score (nSPS) is 19.8. The lowest BCUT2D eigenvalue weighted by Crippen LogP contribution is -2.45. The maximum Gasteiger partial charge on any atom is 0.328 e. The number of hydrogen-bond acceptors (Lipinski definition) is 3. The van der Waals surface area contributed by atoms with Gasteiger partial charge < -0.3 is 15.3 Å². The zero-order valence-corrected chi connectivity index (χ0v) is 11.1. The van der Waals surface area contributed by atoms with Crippen molar-refractivity contribution in [2.45, 2.75) is 26.3 Å². The zero-order chi connectivity index (χ0) is 14.0. The van der Waals surface area contributed by atoms with Crippen LogP contribution in [0.25, 0.3) is 0 Å². The molecule has 1 aromatic carbocycles. The maximum absolute atomic E-state index is 11.5. The summed E-state index contributed by atoms with van der Waals surface area (Å²) in [6.07, 6.45) is 0.317. The fourth-order valence-corrected chi connectivity index (χ4v) is 2.28. The molecule has 1 fully saturated rings. The molecule has 0 aliphatic carbocycles. The van der Waals surface area contributed by atoms with E-state index < -0.39 is 12.0 Å². The van der Waals surface area contributed by atoms with E-state index in [1.807, 2.05) is 36.9 Å². The average Bonchev–Trinajstić information content (AvgIpc) is 2.54. The predicted molar refractivity (Wildman–Crippen MR) is 72.3 cm³/mol. The van der Waals surface area contributed by atoms with Gasteiger partial charge >= 0.3 is 5.97 Å². The molecule has 5 nitrogen and oxygen atoms in total. The van der Waals surface area contributed by atoms with Gasteiger partial charge in [0.25, 0.3) is 0 Å². The first-order valence-electron chi connectivity index (χ1n) is 6.32. The molecular weight excluding hydrogens is 244 g/mol. The van der Waals surface area contributed by atoms with Crippen LogP contribution in [0.4, 0.5) is 5.69 Å². The molecule has 1 atom stereocenters. The average molecular weight is 262 g/mol. The van der Waals surface area contributed by atoms with E-state index in [4.69, 9.17) is 5.11 Å². The summed E-state index contributed by atoms with van der Waals surface area (Å²) in [6.45, 7) is 4.83. The topological polar surface area (TPSA) is 69.6 Å². The number of carbonyl (C=O) groups excluding carboxylic acids is 1. The molecule has 1 aliphatic heterocycles. The SMILES string of the molecule is Cc1ccc(C)c(N2CCC(=O)NC(C(=O)O)C2)c1. The smallest absolute Gasteiger partial charge is 0.328 e. The van der Waals surface area contributed by atoms with Crippen LogP contribution in [0.5, 0.6) is 0 Å². The zero-order valence-electron chi connectivity index (χ0n) is 11.1. The minimum absolute atomic E-state index is 0.208. The summed E-state index contributed by atoms with van der Waals surface area (Å²) < 4.78 is 0. The van der Waals surface area contributed by atoms with Gasteiger partial charge in [0.05, 0.1) is 0 Å². The molecular formula is C14H18N2O3. The number of carboxylic acid groups (broad SMARTS) is 1. The first-order valence-corrected chi connectivity index (χ1v) is 6.32. The molecule has 1 saturated heterocycles. The van der Waals surface area contributed by atoms with Crippen molar-refractivity contribution in [1.29, 1.82) is 0 Å². The van der Waals surface area contributed by atoms with Crippen molar-refractivity contribution in [3.05, 3.63) is 29.3 Å². The van der Waals surface area contributed by atoms with Crippen LogP contribution in [0.1, 0.15) is 17.5 Å². The van der Waals surface area contributed by atoms with Crippen LogP contribution in [0.3, 0.4) is 0 Å². The molecule has 2 N–H and O–H groups in total. The molecule has 0 bridgehead atoms. The highest BCUT2D eigenvalue weighted by Gasteiger charge is 2.27. The van der Waals surface area contributed by atoms with E-state index in [9.17, 15) is 9.59 Å². The number of carbonyl (C=O) groups is 2. The van der Waals surface area contributed by atoms with Crippen LogP contribution in [-0.2, 0) is 9.59 Å². The Labute approximate surface area is 112 Å². The maximum atomic E-state index is 11.5. The molecule has 0 aromatic heterocycles. The Balaban J connectivity index is 2.30. The fourth-order valence-electron chi connectivity index (χ4n) is 2.28. The number of carboxylic acids is 1. The Bertz CT molecular complexity index is 513. The van der Waals surface area contributed by atoms with Crippen molar-refractivity contribution < 1.29 is 14.7 Å². The monoisotopic (exact) mass is 262 g/mol. The third-order valence-electron chi connectivity index (χ3n) is 3.35. The van der Waals surface area contributed by atoms with Gasteiger partial charge in [-0.25, -0.2) is 4.79 Å². The standard InChI is InChI=1S/C14H18N2O3/c1-9-3-4-10(2)12(7-9)16-6-5-13(17)15-11(8-16)14(18)19/h3-4,7,11H,5-6,8H2,1-2H3,(H,15,17)(H,18,19). The van der Waals surface area contributed by atoms with Crippen molar-refractivity contribution in [2.24, 2.45) is 0 Å². The minimum Gasteiger partial charge on any atom is -0.480 e. The second-order valence-corrected chi connectivity index (χ2v) is 4.94. The molecule has 19 heavy (non-hydrogen) atoms. The molecule has 1 aliphatic rings. The van der Waals surface area contributed by atoms with Crippen molar-refractivity contribution in [3.63, 3.8) is 0 Å². The summed E-state index contributed by atoms with van der Waals surface area (Å²) >= 11 is 0. The second-order valence-electron chi connectivity index (χ2n) is 4.94. The minimum atomic E-state index is -0.995. The summed E-state index contributed by atoms with van der Waals surface area (Å²) in [5.41, 5.74) is 3.21. The first-order chi connectivity index (χ1) is 8.97. The molecule has 0 radical (unpaired) electrons. The Morgan fingerprint density at radius 3 is 2.84 bits per heavy atom. The number of rotatable bonds is 2. The third kappa shape index (κ3) is 3.05. The van der Waals surface area contributed by atoms with Crippen LogP contribution in [0.2, 0.25) is 0 Å². The largest absolute Gasteiger partial charge is 0.480 e. The van der Waals surface area contributed by atoms with Gasteiger partial charge in [-0.05, 0) is 31.0 Å². The van der Waals surface area contributed by atoms with Gasteiger partial charge in [-0.3, -0.25) is 4.79 Å². The summed E-state index contributed by atoms with van der Waals surface area (Å²) in [7, 11) is 0. The number of amides is 1. The summed E-state index contributed by atoms with van der Waals surface area (Å²) in [4.78, 5) is 24.6. The Morgan fingerprint density at radius 1 is 1.42 bits per heavy atom. The molecule has 1 aromatic rings. The van der Waals surface area contributed by atoms with E-state index >= 15 is 0 Å². The molecule has 2 rings (SSSR count). The van der Waals surface area contributed by atoms with E-state index in [-0.39, 0.29) is 5.91 Å². The van der Waals surface area contributed by atoms with Crippen molar-refractivity contribution in [1.82, 2.24) is 5.32 Å². The lowest BCUT2D eigenvalue weighted by Gasteiger charge is -2.26. The van der Waals surface area contributed by atoms with E-state index in [2.05, 4.69) is 5.32 Å². The number of hydrogen-bond donors (Lipinski definition) is 2. The van der Waals surface area contributed by atoms with Crippen molar-refractivity contribution >= 4 is 17.6 Å². The van der Waals surface area contributed by atoms with Gasteiger partial charge in [0.15, 0.2) is 0 Å². The van der Waals surface area contributed by atoms with Crippen LogP contribution < -0.4 is 10.2 Å². The summed E-state index contributed by atoms with van der Waals surface area (Å²) in [6, 6.07) is 5.22. The number of aryl methyl sites for hydroxylation is 2. The molecule has 5 heteroatoms. The van der Waals surface area contributed by atoms with Crippen LogP contribution >= 0.6 is 0 Å². The molecule has 1 amide bonds. The van der Waals surface area contributed by atoms with E-state index in [0.29, 0.717) is 19.5 Å². The Kier molecular flexibility index (Phi) is 3.74. The van der Waals surface area contributed by atoms with Gasteiger partial charge in [-0.2, -0.15) is 0 Å². The van der Waals surface area contributed by atoms with Crippen LogP contribution in [0.15, 0.2) is 18.2 Å². The quantitative estimate of drug-likeness (QED) is 0.837. The van der Waals surface area contributed by atoms with Crippen LogP contribution in [0, 0.1) is 13.8 Å². The van der Waals surface area contributed by atoms with Gasteiger partial charge in [-0.15, -0.1) is 0 Å². The van der Waals surface area contributed by atoms with E-state index in [1.165, 1.54) is 0 Å². The van der Waals surface area contributed by atoms with Gasteiger partial charge in [0, 0.05) is 25.2 Å². The molecule has 0 spiro atoms.